The number of nitriles is 1. The number of halogens is 1. The molecule has 3 heterocycles. The molecule has 0 saturated carbocycles. The number of nitrogens with zero attached hydrogens (tertiary/aromatic N) is 4. The summed E-state index contributed by atoms with van der Waals surface area (Å²) in [5, 5.41) is 14.2. The lowest BCUT2D eigenvalue weighted by molar-refractivity contribution is -0.123. The van der Waals surface area contributed by atoms with Gasteiger partial charge in [-0.05, 0) is 68.1 Å². The van der Waals surface area contributed by atoms with Crippen LogP contribution in [-0.2, 0) is 11.2 Å². The quantitative estimate of drug-likeness (QED) is 0.265. The van der Waals surface area contributed by atoms with E-state index >= 15 is 0 Å². The Labute approximate surface area is 236 Å². The standard InChI is InChI=1S/C30H30ClN5O4/c1-18(5-4-9-32)30(27(38)12-20-8-10-36-26(11-20)25(16-34-36)19(2)37)35-17-28(40-3)24(14-29(35)39)23-13-22(31)7-6-21(23)15-33/h6-8,10-11,13-14,16-18,30H,4-5,9,12,32H2,1-3H3/t18?,30-/m0/s1. The Morgan fingerprint density at radius 3 is 2.65 bits per heavy atom. The molecule has 0 fully saturated rings. The fourth-order valence-electron chi connectivity index (χ4n) is 5.01. The minimum Gasteiger partial charge on any atom is -0.495 e. The van der Waals surface area contributed by atoms with Crippen molar-refractivity contribution in [1.82, 2.24) is 14.2 Å². The lowest BCUT2D eigenvalue weighted by atomic mass is 9.90. The molecule has 1 unspecified atom stereocenters. The van der Waals surface area contributed by atoms with E-state index in [1.54, 1.807) is 41.0 Å². The number of hydrogen-bond acceptors (Lipinski definition) is 7. The molecule has 4 aromatic rings. The van der Waals surface area contributed by atoms with Crippen LogP contribution in [0.1, 0.15) is 54.2 Å². The summed E-state index contributed by atoms with van der Waals surface area (Å²) >= 11 is 6.19. The zero-order valence-corrected chi connectivity index (χ0v) is 23.3. The van der Waals surface area contributed by atoms with Crippen molar-refractivity contribution < 1.29 is 14.3 Å². The van der Waals surface area contributed by atoms with Gasteiger partial charge in [0.05, 0.1) is 48.3 Å². The number of carbonyl (C=O) groups is 2. The van der Waals surface area contributed by atoms with Crippen molar-refractivity contribution in [1.29, 1.82) is 5.26 Å². The third-order valence-corrected chi connectivity index (χ3v) is 7.27. The molecule has 0 bridgehead atoms. The number of ketones is 2. The van der Waals surface area contributed by atoms with Crippen LogP contribution in [-0.4, -0.2) is 39.4 Å². The molecule has 1 aromatic carbocycles. The molecule has 0 aliphatic carbocycles. The van der Waals surface area contributed by atoms with E-state index in [4.69, 9.17) is 22.1 Å². The minimum atomic E-state index is -0.801. The maximum Gasteiger partial charge on any atom is 0.252 e. The predicted octanol–water partition coefficient (Wildman–Crippen LogP) is 4.63. The van der Waals surface area contributed by atoms with Crippen molar-refractivity contribution in [3.63, 3.8) is 0 Å². The highest BCUT2D eigenvalue weighted by Crippen LogP contribution is 2.34. The molecule has 0 aliphatic rings. The minimum absolute atomic E-state index is 0.0417. The van der Waals surface area contributed by atoms with Gasteiger partial charge in [-0.25, -0.2) is 4.52 Å². The number of hydrogen-bond donors (Lipinski definition) is 1. The molecule has 0 spiro atoms. The molecule has 0 amide bonds. The average molecular weight is 560 g/mol. The Bertz CT molecular complexity index is 1680. The Morgan fingerprint density at radius 1 is 1.20 bits per heavy atom. The Morgan fingerprint density at radius 2 is 1.98 bits per heavy atom. The van der Waals surface area contributed by atoms with Crippen LogP contribution in [0.2, 0.25) is 5.02 Å². The largest absolute Gasteiger partial charge is 0.495 e. The van der Waals surface area contributed by atoms with Gasteiger partial charge in [0, 0.05) is 34.8 Å². The number of ether oxygens (including phenoxy) is 1. The van der Waals surface area contributed by atoms with E-state index in [1.165, 1.54) is 37.1 Å². The molecule has 0 saturated heterocycles. The van der Waals surface area contributed by atoms with E-state index < -0.39 is 11.6 Å². The van der Waals surface area contributed by atoms with Crippen LogP contribution in [0, 0.1) is 17.2 Å². The molecule has 4 rings (SSSR count). The number of fused-ring (bicyclic) bond motifs is 1. The van der Waals surface area contributed by atoms with E-state index in [0.29, 0.717) is 63.5 Å². The first-order valence-electron chi connectivity index (χ1n) is 12.9. The summed E-state index contributed by atoms with van der Waals surface area (Å²) in [5.74, 6) is -0.175. The van der Waals surface area contributed by atoms with Crippen LogP contribution in [0.25, 0.3) is 16.6 Å². The summed E-state index contributed by atoms with van der Waals surface area (Å²) in [4.78, 5) is 39.5. The highest BCUT2D eigenvalue weighted by Gasteiger charge is 2.29. The second-order valence-electron chi connectivity index (χ2n) is 9.78. The normalized spacial score (nSPS) is 12.6. The fourth-order valence-corrected chi connectivity index (χ4v) is 5.18. The summed E-state index contributed by atoms with van der Waals surface area (Å²) in [6.45, 7) is 3.85. The van der Waals surface area contributed by atoms with Gasteiger partial charge in [0.1, 0.15) is 5.75 Å². The van der Waals surface area contributed by atoms with Gasteiger partial charge in [0.25, 0.3) is 5.56 Å². The molecule has 206 valence electrons. The van der Waals surface area contributed by atoms with Crippen LogP contribution in [0.5, 0.6) is 5.75 Å². The lowest BCUT2D eigenvalue weighted by Crippen LogP contribution is -2.35. The molecule has 0 aliphatic heterocycles. The molecular weight excluding hydrogens is 530 g/mol. The van der Waals surface area contributed by atoms with E-state index in [1.807, 2.05) is 6.92 Å². The maximum atomic E-state index is 13.9. The van der Waals surface area contributed by atoms with Crippen LogP contribution >= 0.6 is 11.6 Å². The maximum absolute atomic E-state index is 13.9. The van der Waals surface area contributed by atoms with Gasteiger partial charge in [-0.2, -0.15) is 10.4 Å². The summed E-state index contributed by atoms with van der Waals surface area (Å²) < 4.78 is 8.63. The third kappa shape index (κ3) is 5.83. The zero-order chi connectivity index (χ0) is 29.0. The van der Waals surface area contributed by atoms with Gasteiger partial charge < -0.3 is 15.0 Å². The van der Waals surface area contributed by atoms with Gasteiger partial charge in [-0.1, -0.05) is 18.5 Å². The van der Waals surface area contributed by atoms with Crippen molar-refractivity contribution in [2.45, 2.75) is 39.2 Å². The Balaban J connectivity index is 1.78. The van der Waals surface area contributed by atoms with E-state index in [2.05, 4.69) is 11.2 Å². The smallest absolute Gasteiger partial charge is 0.252 e. The van der Waals surface area contributed by atoms with Gasteiger partial charge in [-0.3, -0.25) is 14.4 Å². The van der Waals surface area contributed by atoms with Crippen LogP contribution in [0.3, 0.4) is 0 Å². The first kappa shape index (κ1) is 28.7. The first-order valence-corrected chi connectivity index (χ1v) is 13.3. The summed E-state index contributed by atoms with van der Waals surface area (Å²) in [6.07, 6.45) is 6.10. The summed E-state index contributed by atoms with van der Waals surface area (Å²) in [6, 6.07) is 11.0. The molecule has 2 atom stereocenters. The van der Waals surface area contributed by atoms with Crippen LogP contribution < -0.4 is 16.0 Å². The number of rotatable bonds is 11. The van der Waals surface area contributed by atoms with Gasteiger partial charge in [0.2, 0.25) is 0 Å². The van der Waals surface area contributed by atoms with Crippen LogP contribution in [0.4, 0.5) is 0 Å². The fraction of sp³-hybridized carbons (Fsp3) is 0.300. The number of methoxy groups -OCH3 is 1. The molecule has 40 heavy (non-hydrogen) atoms. The molecule has 10 heteroatoms. The first-order chi connectivity index (χ1) is 19.2. The predicted molar refractivity (Wildman–Crippen MR) is 153 cm³/mol. The topological polar surface area (TPSA) is 132 Å². The third-order valence-electron chi connectivity index (χ3n) is 7.03. The summed E-state index contributed by atoms with van der Waals surface area (Å²) in [7, 11) is 1.46. The molecule has 2 N–H and O–H groups in total. The Kier molecular flexibility index (Phi) is 8.83. The lowest BCUT2D eigenvalue weighted by Gasteiger charge is -2.26. The second kappa shape index (κ2) is 12.3. The van der Waals surface area contributed by atoms with E-state index in [-0.39, 0.29) is 23.9 Å². The molecule has 3 aromatic heterocycles. The number of nitrogens with two attached hydrogens (primary N) is 1. The SMILES string of the molecule is COc1cn([C@H](C(=O)Cc2ccn3ncc(C(C)=O)c3c2)C(C)CCCN)c(=O)cc1-c1cc(Cl)ccc1C#N. The van der Waals surface area contributed by atoms with Gasteiger partial charge in [-0.15, -0.1) is 0 Å². The number of aromatic nitrogens is 3. The monoisotopic (exact) mass is 559 g/mol. The number of pyridine rings is 2. The second-order valence-corrected chi connectivity index (χ2v) is 10.2. The van der Waals surface area contributed by atoms with E-state index in [9.17, 15) is 19.6 Å². The molecule has 0 radical (unpaired) electrons. The van der Waals surface area contributed by atoms with Crippen molar-refractivity contribution in [2.75, 3.05) is 13.7 Å². The van der Waals surface area contributed by atoms with Crippen molar-refractivity contribution in [3.8, 4) is 22.9 Å². The highest BCUT2D eigenvalue weighted by atomic mass is 35.5. The molecular formula is C30H30ClN5O4. The van der Waals surface area contributed by atoms with Crippen molar-refractivity contribution >= 4 is 28.7 Å². The average Bonchev–Trinajstić information content (AvgIpc) is 3.36. The van der Waals surface area contributed by atoms with Gasteiger partial charge in [0.15, 0.2) is 11.6 Å². The summed E-state index contributed by atoms with van der Waals surface area (Å²) in [5.41, 5.74) is 8.33. The van der Waals surface area contributed by atoms with Crippen molar-refractivity contribution in [2.24, 2.45) is 11.7 Å². The molecule has 9 nitrogen and oxygen atoms in total. The van der Waals surface area contributed by atoms with Crippen LogP contribution in [0.15, 0.2) is 59.8 Å². The Hall–Kier alpha value is -4.26. The van der Waals surface area contributed by atoms with Crippen molar-refractivity contribution in [3.05, 3.63) is 87.1 Å². The van der Waals surface area contributed by atoms with E-state index in [0.717, 1.165) is 0 Å². The number of Topliss-reactive ketones (excluding diaryl/α,β-unsaturated/α-hetero) is 2. The zero-order valence-electron chi connectivity index (χ0n) is 22.6. The highest BCUT2D eigenvalue weighted by molar-refractivity contribution is 6.31. The number of carbonyl (C=O) groups excluding carboxylic acids is 2. The number of benzene rings is 1. The van der Waals surface area contributed by atoms with Gasteiger partial charge >= 0.3 is 0 Å².